The second kappa shape index (κ2) is 7.65. The molecular weight excluding hydrogens is 194 g/mol. The van der Waals surface area contributed by atoms with Gasteiger partial charge in [-0.2, -0.15) is 0 Å². The van der Waals surface area contributed by atoms with Crippen molar-refractivity contribution in [1.82, 2.24) is 5.32 Å². The summed E-state index contributed by atoms with van der Waals surface area (Å²) in [4.78, 5) is 11.0. The Hall–Kier alpha value is -0.610. The van der Waals surface area contributed by atoms with Gasteiger partial charge in [0, 0.05) is 19.7 Å². The number of nitrogens with one attached hydrogen (secondary N) is 1. The second-order valence-corrected chi connectivity index (χ2v) is 3.84. The molecule has 4 heteroatoms. The van der Waals surface area contributed by atoms with Crippen LogP contribution in [-0.4, -0.2) is 38.9 Å². The summed E-state index contributed by atoms with van der Waals surface area (Å²) in [5.41, 5.74) is 0. The number of carbonyl (C=O) groups is 1. The highest BCUT2D eigenvalue weighted by atomic mass is 16.5. The predicted molar refractivity (Wildman–Crippen MR) is 57.7 cm³/mol. The summed E-state index contributed by atoms with van der Waals surface area (Å²) < 4.78 is 10.2. The van der Waals surface area contributed by atoms with Gasteiger partial charge in [0.2, 0.25) is 0 Å². The molecule has 0 aromatic heterocycles. The quantitative estimate of drug-likeness (QED) is 0.529. The van der Waals surface area contributed by atoms with Gasteiger partial charge in [0.05, 0.1) is 19.6 Å². The molecule has 0 aromatic carbocycles. The number of rotatable bonds is 6. The molecule has 1 saturated heterocycles. The van der Waals surface area contributed by atoms with Gasteiger partial charge in [0.1, 0.15) is 0 Å². The Morgan fingerprint density at radius 3 is 3.13 bits per heavy atom. The Bertz CT molecular complexity index is 179. The maximum absolute atomic E-state index is 11.0. The zero-order valence-corrected chi connectivity index (χ0v) is 9.46. The van der Waals surface area contributed by atoms with E-state index in [2.05, 4.69) is 5.32 Å². The number of ether oxygens (including phenoxy) is 2. The van der Waals surface area contributed by atoms with Crippen molar-refractivity contribution < 1.29 is 14.3 Å². The molecule has 0 radical (unpaired) electrons. The van der Waals surface area contributed by atoms with E-state index in [-0.39, 0.29) is 5.97 Å². The van der Waals surface area contributed by atoms with Crippen molar-refractivity contribution in [3.05, 3.63) is 0 Å². The third kappa shape index (κ3) is 5.74. The van der Waals surface area contributed by atoms with Crippen LogP contribution in [0.1, 0.15) is 26.2 Å². The Kier molecular flexibility index (Phi) is 6.36. The van der Waals surface area contributed by atoms with Crippen molar-refractivity contribution in [2.45, 2.75) is 26.2 Å². The lowest BCUT2D eigenvalue weighted by Crippen LogP contribution is -2.30. The first kappa shape index (κ1) is 12.5. The van der Waals surface area contributed by atoms with E-state index in [1.807, 2.05) is 6.92 Å². The molecule has 1 fully saturated rings. The first-order chi connectivity index (χ1) is 7.33. The van der Waals surface area contributed by atoms with Crippen molar-refractivity contribution in [3.8, 4) is 0 Å². The smallest absolute Gasteiger partial charge is 0.307 e. The topological polar surface area (TPSA) is 47.6 Å². The minimum Gasteiger partial charge on any atom is -0.466 e. The summed E-state index contributed by atoms with van der Waals surface area (Å²) in [6, 6.07) is 0. The Morgan fingerprint density at radius 2 is 2.47 bits per heavy atom. The Labute approximate surface area is 91.3 Å². The molecule has 88 valence electrons. The largest absolute Gasteiger partial charge is 0.466 e. The van der Waals surface area contributed by atoms with Crippen molar-refractivity contribution >= 4 is 5.97 Å². The number of carbonyl (C=O) groups excluding carboxylic acids is 1. The molecule has 0 bridgehead atoms. The van der Waals surface area contributed by atoms with E-state index in [0.29, 0.717) is 25.5 Å². The van der Waals surface area contributed by atoms with Crippen LogP contribution in [-0.2, 0) is 14.3 Å². The van der Waals surface area contributed by atoms with E-state index < -0.39 is 0 Å². The van der Waals surface area contributed by atoms with Crippen molar-refractivity contribution in [2.75, 3.05) is 32.9 Å². The van der Waals surface area contributed by atoms with E-state index in [9.17, 15) is 4.79 Å². The molecule has 0 aromatic rings. The molecule has 15 heavy (non-hydrogen) atoms. The van der Waals surface area contributed by atoms with Crippen molar-refractivity contribution in [2.24, 2.45) is 5.92 Å². The summed E-state index contributed by atoms with van der Waals surface area (Å²) >= 11 is 0. The highest BCUT2D eigenvalue weighted by molar-refractivity contribution is 5.69. The molecular formula is C11H21NO3. The van der Waals surface area contributed by atoms with Gasteiger partial charge in [0.25, 0.3) is 0 Å². The van der Waals surface area contributed by atoms with Crippen LogP contribution in [0.15, 0.2) is 0 Å². The standard InChI is InChI=1S/C11H21NO3/c1-2-15-11(13)5-6-12-8-10-4-3-7-14-9-10/h10,12H,2-9H2,1H3. The summed E-state index contributed by atoms with van der Waals surface area (Å²) in [6.45, 7) is 5.69. The molecule has 1 atom stereocenters. The molecule has 1 unspecified atom stereocenters. The summed E-state index contributed by atoms with van der Waals surface area (Å²) in [7, 11) is 0. The van der Waals surface area contributed by atoms with Crippen LogP contribution < -0.4 is 5.32 Å². The highest BCUT2D eigenvalue weighted by Gasteiger charge is 2.13. The first-order valence-corrected chi connectivity index (χ1v) is 5.77. The van der Waals surface area contributed by atoms with E-state index in [1.54, 1.807) is 0 Å². The van der Waals surface area contributed by atoms with Gasteiger partial charge in [-0.25, -0.2) is 0 Å². The van der Waals surface area contributed by atoms with Gasteiger partial charge in [0.15, 0.2) is 0 Å². The number of esters is 1. The Balaban J connectivity index is 1.93. The predicted octanol–water partition coefficient (Wildman–Crippen LogP) is 0.956. The zero-order chi connectivity index (χ0) is 10.9. The molecule has 0 amide bonds. The van der Waals surface area contributed by atoms with Crippen molar-refractivity contribution in [3.63, 3.8) is 0 Å². The monoisotopic (exact) mass is 215 g/mol. The molecule has 1 heterocycles. The average Bonchev–Trinajstić information content (AvgIpc) is 2.26. The summed E-state index contributed by atoms with van der Waals surface area (Å²) in [5.74, 6) is 0.492. The van der Waals surface area contributed by atoms with Crippen LogP contribution in [0, 0.1) is 5.92 Å². The lowest BCUT2D eigenvalue weighted by Gasteiger charge is -2.22. The first-order valence-electron chi connectivity index (χ1n) is 5.77. The lowest BCUT2D eigenvalue weighted by molar-refractivity contribution is -0.142. The summed E-state index contributed by atoms with van der Waals surface area (Å²) in [6.07, 6.45) is 2.85. The maximum atomic E-state index is 11.0. The van der Waals surface area contributed by atoms with Crippen LogP contribution in [0.3, 0.4) is 0 Å². The molecule has 0 spiro atoms. The van der Waals surface area contributed by atoms with Crippen LogP contribution in [0.5, 0.6) is 0 Å². The molecule has 1 aliphatic heterocycles. The fourth-order valence-corrected chi connectivity index (χ4v) is 1.70. The zero-order valence-electron chi connectivity index (χ0n) is 9.46. The second-order valence-electron chi connectivity index (χ2n) is 3.84. The van der Waals surface area contributed by atoms with Gasteiger partial charge < -0.3 is 14.8 Å². The van der Waals surface area contributed by atoms with Crippen molar-refractivity contribution in [1.29, 1.82) is 0 Å². The maximum Gasteiger partial charge on any atom is 0.307 e. The number of hydrogen-bond acceptors (Lipinski definition) is 4. The molecule has 1 rings (SSSR count). The van der Waals surface area contributed by atoms with Crippen LogP contribution in [0.4, 0.5) is 0 Å². The third-order valence-corrected chi connectivity index (χ3v) is 2.50. The van der Waals surface area contributed by atoms with E-state index in [4.69, 9.17) is 9.47 Å². The van der Waals surface area contributed by atoms with Gasteiger partial charge in [-0.1, -0.05) is 0 Å². The fourth-order valence-electron chi connectivity index (χ4n) is 1.70. The van der Waals surface area contributed by atoms with Gasteiger partial charge >= 0.3 is 5.97 Å². The van der Waals surface area contributed by atoms with E-state index >= 15 is 0 Å². The van der Waals surface area contributed by atoms with E-state index in [0.717, 1.165) is 26.2 Å². The SMILES string of the molecule is CCOC(=O)CCNCC1CCCOC1. The molecule has 1 aliphatic rings. The minimum atomic E-state index is -0.120. The molecule has 4 nitrogen and oxygen atoms in total. The minimum absolute atomic E-state index is 0.120. The van der Waals surface area contributed by atoms with Crippen LogP contribution in [0.2, 0.25) is 0 Å². The molecule has 0 aliphatic carbocycles. The average molecular weight is 215 g/mol. The molecule has 0 saturated carbocycles. The fraction of sp³-hybridized carbons (Fsp3) is 0.909. The highest BCUT2D eigenvalue weighted by Crippen LogP contribution is 2.11. The van der Waals surface area contributed by atoms with Crippen LogP contribution in [0.25, 0.3) is 0 Å². The third-order valence-electron chi connectivity index (χ3n) is 2.50. The Morgan fingerprint density at radius 1 is 1.60 bits per heavy atom. The van der Waals surface area contributed by atoms with E-state index in [1.165, 1.54) is 6.42 Å². The van der Waals surface area contributed by atoms with Gasteiger partial charge in [-0.15, -0.1) is 0 Å². The normalized spacial score (nSPS) is 21.3. The van der Waals surface area contributed by atoms with Gasteiger partial charge in [-0.3, -0.25) is 4.79 Å². The lowest BCUT2D eigenvalue weighted by atomic mass is 10.0. The molecule has 1 N–H and O–H groups in total. The van der Waals surface area contributed by atoms with Crippen LogP contribution >= 0.6 is 0 Å². The van der Waals surface area contributed by atoms with Gasteiger partial charge in [-0.05, 0) is 25.7 Å². The number of hydrogen-bond donors (Lipinski definition) is 1. The summed E-state index contributed by atoms with van der Waals surface area (Å²) in [5, 5.41) is 3.26.